The van der Waals surface area contributed by atoms with E-state index in [1.807, 2.05) is 0 Å². The van der Waals surface area contributed by atoms with Crippen LogP contribution in [0.1, 0.15) is 58.8 Å². The van der Waals surface area contributed by atoms with Gasteiger partial charge in [0.15, 0.2) is 0 Å². The number of nitrogens with one attached hydrogen (secondary N) is 8. The first-order valence-electron chi connectivity index (χ1n) is 20.9. The lowest BCUT2D eigenvalue weighted by atomic mass is 10.0. The lowest BCUT2D eigenvalue weighted by Crippen LogP contribution is -2.62. The van der Waals surface area contributed by atoms with Gasteiger partial charge in [0.2, 0.25) is 59.1 Å². The molecule has 2 aliphatic rings. The molecule has 10 amide bonds. The second-order valence-corrected chi connectivity index (χ2v) is 18.1. The number of nitrogens with zero attached hydrogens (tertiary/aromatic N) is 1. The molecule has 2 rings (SSSR count). The van der Waals surface area contributed by atoms with Crippen LogP contribution in [0.5, 0.6) is 0 Å². The Morgan fingerprint density at radius 3 is 1.88 bits per heavy atom. The van der Waals surface area contributed by atoms with Crippen LogP contribution in [0.15, 0.2) is 0 Å². The summed E-state index contributed by atoms with van der Waals surface area (Å²) in [5.74, 6) is -14.3. The van der Waals surface area contributed by atoms with Crippen LogP contribution in [0.4, 0.5) is 0 Å². The van der Waals surface area contributed by atoms with Crippen LogP contribution in [0, 0.1) is 0 Å². The summed E-state index contributed by atoms with van der Waals surface area (Å²) in [6.07, 6.45) is -4.12. The van der Waals surface area contributed by atoms with Gasteiger partial charge in [-0.25, -0.2) is 0 Å². The van der Waals surface area contributed by atoms with Gasteiger partial charge in [0.05, 0.1) is 37.6 Å². The number of primary amides is 1. The Balaban J connectivity index is 2.58. The van der Waals surface area contributed by atoms with Gasteiger partial charge in [-0.05, 0) is 52.5 Å². The maximum atomic E-state index is 14.1. The summed E-state index contributed by atoms with van der Waals surface area (Å²) in [5.41, 5.74) is 17.0. The molecule has 0 aromatic rings. The first kappa shape index (κ1) is 57.3. The SMILES string of the molecule is C[C@@H](O)C1NC(=O)[C@@H](N)CSSC[C@@H](C(=O)NCC(=O)O)NC(=O)C(CC(N)=O)NC(=O)CNC(=O)C(CC(=O)O)NC(=O)[C@H]([C@@H](C)O)NC(=O)[C@@H]2CCCN2C(=O)[C@H](CCCCN)NC1=O. The summed E-state index contributed by atoms with van der Waals surface area (Å²) in [6, 6.07) is -12.8. The summed E-state index contributed by atoms with van der Waals surface area (Å²) in [6.45, 7) is 0.629. The summed E-state index contributed by atoms with van der Waals surface area (Å²) >= 11 is 0. The third-order valence-corrected chi connectivity index (χ3v) is 12.4. The normalized spacial score (nSPS) is 27.0. The smallest absolute Gasteiger partial charge is 0.322 e. The number of unbranched alkanes of at least 4 members (excludes halogenated alkanes) is 1. The van der Waals surface area contributed by atoms with Crippen molar-refractivity contribution in [2.24, 2.45) is 17.2 Å². The Hall–Kier alpha value is -5.82. The lowest BCUT2D eigenvalue weighted by molar-refractivity contribution is -0.144. The van der Waals surface area contributed by atoms with E-state index in [4.69, 9.17) is 22.3 Å². The second kappa shape index (κ2) is 28.4. The Kier molecular flexibility index (Phi) is 24.3. The van der Waals surface area contributed by atoms with Crippen LogP contribution in [-0.2, 0) is 57.5 Å². The molecule has 3 unspecified atom stereocenters. The van der Waals surface area contributed by atoms with Crippen molar-refractivity contribution in [3.63, 3.8) is 0 Å². The third kappa shape index (κ3) is 19.5. The molecule has 2 heterocycles. The molecule has 0 aromatic heterocycles. The Morgan fingerprint density at radius 1 is 0.731 bits per heavy atom. The van der Waals surface area contributed by atoms with Gasteiger partial charge in [-0.1, -0.05) is 21.6 Å². The van der Waals surface area contributed by atoms with Gasteiger partial charge < -0.3 is 85.1 Å². The number of carboxylic acids is 2. The zero-order chi connectivity index (χ0) is 50.5. The fourth-order valence-electron chi connectivity index (χ4n) is 6.48. The quantitative estimate of drug-likeness (QED) is 0.0602. The van der Waals surface area contributed by atoms with Gasteiger partial charge in [-0.2, -0.15) is 0 Å². The second-order valence-electron chi connectivity index (χ2n) is 15.5. The Labute approximate surface area is 391 Å². The van der Waals surface area contributed by atoms with Crippen LogP contribution in [0.3, 0.4) is 0 Å². The predicted octanol–water partition coefficient (Wildman–Crippen LogP) is -7.83. The van der Waals surface area contributed by atoms with Crippen molar-refractivity contribution in [3.8, 4) is 0 Å². The highest BCUT2D eigenvalue weighted by Gasteiger charge is 2.41. The van der Waals surface area contributed by atoms with Gasteiger partial charge in [-0.3, -0.25) is 57.5 Å². The minimum atomic E-state index is -1.94. The fraction of sp³-hybridized carbons (Fsp3) is 0.676. The molecule has 0 saturated carbocycles. The van der Waals surface area contributed by atoms with Crippen molar-refractivity contribution in [3.05, 3.63) is 0 Å². The molecular formula is C37H60N12O16S2. The molecule has 18 N–H and O–H groups in total. The van der Waals surface area contributed by atoms with E-state index in [9.17, 15) is 72.9 Å². The van der Waals surface area contributed by atoms with Gasteiger partial charge in [0, 0.05) is 18.1 Å². The number of aliphatic hydroxyl groups excluding tert-OH is 2. The van der Waals surface area contributed by atoms with Crippen LogP contribution in [0.2, 0.25) is 0 Å². The number of hydrogen-bond acceptors (Lipinski definition) is 18. The molecule has 0 radical (unpaired) electrons. The highest BCUT2D eigenvalue weighted by Crippen LogP contribution is 2.23. The van der Waals surface area contributed by atoms with Crippen molar-refractivity contribution < 1.29 is 78.0 Å². The van der Waals surface area contributed by atoms with Crippen LogP contribution >= 0.6 is 21.6 Å². The molecular weight excluding hydrogens is 933 g/mol. The molecule has 10 atom stereocenters. The molecule has 28 nitrogen and oxygen atoms in total. The van der Waals surface area contributed by atoms with E-state index in [1.54, 1.807) is 0 Å². The van der Waals surface area contributed by atoms with Gasteiger partial charge >= 0.3 is 11.9 Å². The first-order chi connectivity index (χ1) is 31.5. The number of rotatable bonds is 13. The summed E-state index contributed by atoms with van der Waals surface area (Å²) < 4.78 is 0. The largest absolute Gasteiger partial charge is 0.481 e. The molecule has 2 saturated heterocycles. The van der Waals surface area contributed by atoms with Gasteiger partial charge in [0.1, 0.15) is 48.8 Å². The van der Waals surface area contributed by atoms with E-state index >= 15 is 0 Å². The molecule has 67 heavy (non-hydrogen) atoms. The van der Waals surface area contributed by atoms with Crippen molar-refractivity contribution in [2.45, 2.75) is 119 Å². The van der Waals surface area contributed by atoms with Crippen molar-refractivity contribution in [2.75, 3.05) is 37.7 Å². The Morgan fingerprint density at radius 2 is 1.31 bits per heavy atom. The molecule has 2 fully saturated rings. The fourth-order valence-corrected chi connectivity index (χ4v) is 8.77. The minimum Gasteiger partial charge on any atom is -0.481 e. The van der Waals surface area contributed by atoms with Crippen LogP contribution in [-0.4, -0.2) is 195 Å². The van der Waals surface area contributed by atoms with Gasteiger partial charge in [-0.15, -0.1) is 0 Å². The number of aliphatic hydroxyl groups is 2. The number of hydrogen-bond donors (Lipinski definition) is 15. The number of carboxylic acid groups (broad SMARTS) is 2. The molecule has 376 valence electrons. The van der Waals surface area contributed by atoms with E-state index < -0.39 is 157 Å². The zero-order valence-electron chi connectivity index (χ0n) is 36.6. The number of fused-ring (bicyclic) bond motifs is 1. The van der Waals surface area contributed by atoms with Crippen molar-refractivity contribution in [1.29, 1.82) is 0 Å². The van der Waals surface area contributed by atoms with E-state index in [0.29, 0.717) is 12.8 Å². The molecule has 0 bridgehead atoms. The van der Waals surface area contributed by atoms with Gasteiger partial charge in [0.25, 0.3) is 0 Å². The highest BCUT2D eigenvalue weighted by atomic mass is 33.1. The number of carbonyl (C=O) groups is 12. The maximum Gasteiger partial charge on any atom is 0.322 e. The lowest BCUT2D eigenvalue weighted by Gasteiger charge is -2.31. The maximum absolute atomic E-state index is 14.1. The molecule has 2 aliphatic heterocycles. The van der Waals surface area contributed by atoms with Crippen LogP contribution in [0.25, 0.3) is 0 Å². The number of amides is 10. The number of carbonyl (C=O) groups excluding carboxylic acids is 10. The minimum absolute atomic E-state index is 0.00249. The van der Waals surface area contributed by atoms with Crippen LogP contribution < -0.4 is 59.7 Å². The topological polar surface area (TPSA) is 463 Å². The predicted molar refractivity (Wildman–Crippen MR) is 235 cm³/mol. The Bertz CT molecular complexity index is 1840. The summed E-state index contributed by atoms with van der Waals surface area (Å²) in [5, 5.41) is 57.6. The summed E-state index contributed by atoms with van der Waals surface area (Å²) in [4.78, 5) is 157. The van der Waals surface area contributed by atoms with E-state index in [-0.39, 0.29) is 43.9 Å². The standard InChI is InChI=1S/C37H60N12O16S2/c1-16(50)28-35(63)44-19(6-3-4-8-38)37(65)49-9-5-7-23(49)34(62)48-29(17(2)51)36(64)45-21(11-26(54)55)31(59)41-12-25(53)43-20(10-24(40)52)33(61)46-22(32(60)42-13-27(56)57)15-67-66-14-18(39)30(58)47-28/h16-23,28-29,50-51H,3-15,38-39H2,1-2H3,(H2,40,52)(H,41,59)(H,42,60)(H,43,53)(H,44,63)(H,45,64)(H,46,61)(H,47,58)(H,48,62)(H,54,55)(H,56,57)/t16-,17-,18+,19+,20?,21?,22+,23+,28?,29+/m1/s1. The van der Waals surface area contributed by atoms with Crippen molar-refractivity contribution in [1.82, 2.24) is 47.4 Å². The van der Waals surface area contributed by atoms with Crippen molar-refractivity contribution >= 4 is 92.6 Å². The van der Waals surface area contributed by atoms with E-state index in [1.165, 1.54) is 6.92 Å². The average Bonchev–Trinajstić information content (AvgIpc) is 3.75. The molecule has 30 heteroatoms. The highest BCUT2D eigenvalue weighted by molar-refractivity contribution is 8.76. The molecule has 0 aliphatic carbocycles. The number of aliphatic carboxylic acids is 2. The third-order valence-electron chi connectivity index (χ3n) is 9.97. The summed E-state index contributed by atoms with van der Waals surface area (Å²) in [7, 11) is 1.75. The molecule has 0 aromatic carbocycles. The molecule has 0 spiro atoms. The number of nitrogens with two attached hydrogens (primary N) is 3. The average molecular weight is 993 g/mol. The monoisotopic (exact) mass is 992 g/mol. The van der Waals surface area contributed by atoms with E-state index in [0.717, 1.165) is 33.4 Å². The first-order valence-corrected chi connectivity index (χ1v) is 23.4. The van der Waals surface area contributed by atoms with E-state index in [2.05, 4.69) is 42.5 Å². The zero-order valence-corrected chi connectivity index (χ0v) is 38.3.